The zero-order valence-electron chi connectivity index (χ0n) is 32.4. The van der Waals surface area contributed by atoms with E-state index < -0.39 is 0 Å². The van der Waals surface area contributed by atoms with E-state index in [9.17, 15) is 0 Å². The minimum Gasteiger partial charge on any atom is -0.497 e. The van der Waals surface area contributed by atoms with Gasteiger partial charge in [-0.05, 0) is 121 Å². The van der Waals surface area contributed by atoms with Crippen LogP contribution in [-0.4, -0.2) is 83.5 Å². The van der Waals surface area contributed by atoms with Gasteiger partial charge in [0.2, 0.25) is 0 Å². The molecule has 4 bridgehead atoms. The Morgan fingerprint density at radius 3 is 1.48 bits per heavy atom. The summed E-state index contributed by atoms with van der Waals surface area (Å²) < 4.78 is 11.6. The molecule has 6 aliphatic heterocycles. The minimum absolute atomic E-state index is 0.0129. The summed E-state index contributed by atoms with van der Waals surface area (Å²) >= 11 is 0. The molecule has 9 heterocycles. The van der Waals surface area contributed by atoms with Crippen LogP contribution >= 0.6 is 0 Å². The van der Waals surface area contributed by atoms with Gasteiger partial charge in [0.1, 0.15) is 11.5 Å². The molecular weight excluding hydrogens is 693 g/mol. The number of piperidine rings is 6. The fourth-order valence-electron chi connectivity index (χ4n) is 11.5. The van der Waals surface area contributed by atoms with Crippen LogP contribution in [0, 0.1) is 35.5 Å². The van der Waals surface area contributed by atoms with E-state index >= 15 is 0 Å². The molecule has 2 unspecified atom stereocenters. The van der Waals surface area contributed by atoms with Crippen molar-refractivity contribution in [2.75, 3.05) is 53.5 Å². The average molecular weight is 743 g/mol. The van der Waals surface area contributed by atoms with Crippen LogP contribution in [0.2, 0.25) is 0 Å². The number of hydrogen-bond acceptors (Lipinski definition) is 8. The van der Waals surface area contributed by atoms with Gasteiger partial charge in [-0.25, -0.2) is 0 Å². The van der Waals surface area contributed by atoms with Gasteiger partial charge in [-0.1, -0.05) is 36.4 Å². The zero-order chi connectivity index (χ0) is 37.9. The molecule has 56 heavy (non-hydrogen) atoms. The first-order valence-corrected chi connectivity index (χ1v) is 20.4. The first-order valence-electron chi connectivity index (χ1n) is 20.4. The van der Waals surface area contributed by atoms with Gasteiger partial charge in [-0.3, -0.25) is 9.97 Å². The summed E-state index contributed by atoms with van der Waals surface area (Å²) in [7, 11) is 3.47. The second-order valence-corrected chi connectivity index (χ2v) is 16.6. The van der Waals surface area contributed by atoms with Crippen LogP contribution in [0.3, 0.4) is 0 Å². The number of rotatable bonds is 10. The topological polar surface area (TPSA) is 76.5 Å². The molecule has 6 saturated heterocycles. The lowest BCUT2D eigenvalue weighted by Gasteiger charge is -2.52. The van der Waals surface area contributed by atoms with Gasteiger partial charge in [0.25, 0.3) is 0 Å². The Morgan fingerprint density at radius 1 is 0.607 bits per heavy atom. The summed E-state index contributed by atoms with van der Waals surface area (Å²) in [6.45, 7) is 15.1. The van der Waals surface area contributed by atoms with E-state index in [1.54, 1.807) is 14.2 Å². The molecule has 0 radical (unpaired) electrons. The molecule has 284 valence electrons. The third-order valence-corrected chi connectivity index (χ3v) is 14.1. The van der Waals surface area contributed by atoms with Crippen molar-refractivity contribution in [2.45, 2.75) is 24.7 Å². The number of methoxy groups -OCH3 is 2. The molecule has 3 aromatic carbocycles. The highest BCUT2D eigenvalue weighted by molar-refractivity contribution is 5.91. The molecule has 12 rings (SSSR count). The van der Waals surface area contributed by atoms with E-state index in [1.165, 1.54) is 21.9 Å². The van der Waals surface area contributed by atoms with Gasteiger partial charge in [0, 0.05) is 72.0 Å². The highest BCUT2D eigenvalue weighted by Crippen LogP contribution is 2.52. The molecule has 0 aliphatic carbocycles. The van der Waals surface area contributed by atoms with Crippen LogP contribution in [0.15, 0.2) is 111 Å². The smallest absolute Gasteiger partial charge is 0.119 e. The summed E-state index contributed by atoms with van der Waals surface area (Å²) in [6, 6.07) is 25.9. The molecule has 6 aliphatic rings. The minimum atomic E-state index is -0.0129. The maximum Gasteiger partial charge on any atom is 0.119 e. The Balaban J connectivity index is 1.21. The fraction of sp³-hybridized carbons (Fsp3) is 0.375. The summed E-state index contributed by atoms with van der Waals surface area (Å²) in [5.41, 5.74) is 6.47. The molecule has 0 amide bonds. The van der Waals surface area contributed by atoms with Gasteiger partial charge < -0.3 is 19.3 Å². The molecule has 6 fully saturated rings. The Morgan fingerprint density at radius 2 is 1.07 bits per heavy atom. The highest BCUT2D eigenvalue weighted by atomic mass is 16.5. The number of fused-ring (bicyclic) bond motifs is 9. The molecule has 0 N–H and O–H groups in total. The Labute approximate surface area is 329 Å². The molecule has 0 saturated carbocycles. The van der Waals surface area contributed by atoms with E-state index in [0.717, 1.165) is 96.8 Å². The van der Waals surface area contributed by atoms with E-state index in [0.29, 0.717) is 35.5 Å². The maximum atomic E-state index is 5.79. The van der Waals surface area contributed by atoms with Gasteiger partial charge in [0.05, 0.1) is 36.6 Å². The molecule has 8 nitrogen and oxygen atoms in total. The van der Waals surface area contributed by atoms with Crippen LogP contribution in [0.25, 0.3) is 32.6 Å². The van der Waals surface area contributed by atoms with Crippen molar-refractivity contribution in [3.63, 3.8) is 0 Å². The number of pyridine rings is 2. The predicted molar refractivity (Wildman–Crippen MR) is 223 cm³/mol. The zero-order valence-corrected chi connectivity index (χ0v) is 32.4. The molecule has 3 aromatic heterocycles. The van der Waals surface area contributed by atoms with Crippen molar-refractivity contribution in [1.82, 2.24) is 30.0 Å². The van der Waals surface area contributed by atoms with E-state index in [-0.39, 0.29) is 11.8 Å². The number of hydrogen-bond donors (Lipinski definition) is 0. The van der Waals surface area contributed by atoms with Crippen molar-refractivity contribution in [3.05, 3.63) is 133 Å². The van der Waals surface area contributed by atoms with Gasteiger partial charge >= 0.3 is 0 Å². The highest BCUT2D eigenvalue weighted by Gasteiger charge is 2.47. The number of ether oxygens (including phenoxy) is 2. The maximum absolute atomic E-state index is 5.79. The second kappa shape index (κ2) is 14.4. The van der Waals surface area contributed by atoms with Crippen LogP contribution in [0.5, 0.6) is 11.5 Å². The van der Waals surface area contributed by atoms with Gasteiger partial charge in [0.15, 0.2) is 0 Å². The van der Waals surface area contributed by atoms with Crippen molar-refractivity contribution in [3.8, 4) is 11.5 Å². The summed E-state index contributed by atoms with van der Waals surface area (Å²) in [4.78, 5) is 14.9. The largest absolute Gasteiger partial charge is 0.497 e. The first-order chi connectivity index (χ1) is 27.6. The molecule has 10 atom stereocenters. The Bertz CT molecular complexity index is 2300. The summed E-state index contributed by atoms with van der Waals surface area (Å²) in [6.07, 6.45) is 10.6. The van der Waals surface area contributed by atoms with Crippen molar-refractivity contribution in [2.24, 2.45) is 35.5 Å². The van der Waals surface area contributed by atoms with Crippen molar-refractivity contribution >= 4 is 32.6 Å². The normalized spacial score (nSPS) is 28.0. The van der Waals surface area contributed by atoms with Crippen molar-refractivity contribution < 1.29 is 9.47 Å². The van der Waals surface area contributed by atoms with Crippen LogP contribution in [0.1, 0.15) is 47.2 Å². The fourth-order valence-corrected chi connectivity index (χ4v) is 11.5. The Hall–Kier alpha value is -5.18. The monoisotopic (exact) mass is 742 g/mol. The Kier molecular flexibility index (Phi) is 9.06. The van der Waals surface area contributed by atoms with Crippen LogP contribution in [0.4, 0.5) is 0 Å². The lowest BCUT2D eigenvalue weighted by molar-refractivity contribution is 0.00949. The lowest BCUT2D eigenvalue weighted by Crippen LogP contribution is -2.54. The third kappa shape index (κ3) is 5.79. The van der Waals surface area contributed by atoms with E-state index in [2.05, 4.69) is 95.8 Å². The van der Waals surface area contributed by atoms with Crippen LogP contribution < -0.4 is 9.47 Å². The second-order valence-electron chi connectivity index (χ2n) is 16.6. The summed E-state index contributed by atoms with van der Waals surface area (Å²) in [5, 5.41) is 15.5. The number of benzene rings is 3. The molecule has 8 heteroatoms. The standard InChI is InChI=1S/C48H50N6O2/c1-5-29-25-53-21-17-33(29)41(27-53)45(35-15-19-49-43-13-11-31(55-3)23-39(35)43)47-37-9-7-8-10-38(37)48(52-51-47)46(42-28-54-22-18-34(42)30(6-2)26-54)36-16-20-50-44-14-12-32(56-4)24-40(36)44/h5-16,19-20,23-24,29-30,33-34,41-42,45-46H,1-2,17-18,21-22,25-28H2,3-4H3/t29-,30-,33-,34-,41+,42+,45+,46+/m0/s1. The molecular formula is C48H50N6O2. The van der Waals surface area contributed by atoms with Gasteiger partial charge in [-0.15, -0.1) is 13.2 Å². The lowest BCUT2D eigenvalue weighted by atomic mass is 9.64. The van der Waals surface area contributed by atoms with E-state index in [4.69, 9.17) is 29.6 Å². The SMILES string of the molecule is C=C[C@H]1CN2CC[C@@H]1[C@H]([C@@H](c1ccnc3ccc(OC)cc13)c1nnc([C@H](c3ccnc4ccc(OC)cc34)[C@@H]3CN4CC[C@H]3[C@@H](C=C)C4)c3ccccc13)C2. The average Bonchev–Trinajstić information content (AvgIpc) is 3.27. The van der Waals surface area contributed by atoms with E-state index in [1.807, 2.05) is 24.5 Å². The first kappa shape index (κ1) is 35.2. The van der Waals surface area contributed by atoms with Crippen molar-refractivity contribution in [1.29, 1.82) is 0 Å². The molecule has 6 aromatic rings. The van der Waals surface area contributed by atoms with Crippen LogP contribution in [-0.2, 0) is 0 Å². The molecule has 0 spiro atoms. The third-order valence-electron chi connectivity index (χ3n) is 14.1. The number of nitrogens with zero attached hydrogens (tertiary/aromatic N) is 6. The number of aromatic nitrogens is 4. The quantitative estimate of drug-likeness (QED) is 0.129. The summed E-state index contributed by atoms with van der Waals surface area (Å²) in [5.74, 6) is 4.12. The van der Waals surface area contributed by atoms with Gasteiger partial charge in [-0.2, -0.15) is 10.2 Å². The predicted octanol–water partition coefficient (Wildman–Crippen LogP) is 8.52.